The molecule has 1 aliphatic heterocycles. The molecule has 7 nitrogen and oxygen atoms in total. The van der Waals surface area contributed by atoms with E-state index in [-0.39, 0.29) is 0 Å². The van der Waals surface area contributed by atoms with Gasteiger partial charge in [0.25, 0.3) is 0 Å². The first-order valence-electron chi connectivity index (χ1n) is 8.89. The van der Waals surface area contributed by atoms with Gasteiger partial charge in [0, 0.05) is 62.2 Å². The highest BCUT2D eigenvalue weighted by atomic mass is 16.5. The van der Waals surface area contributed by atoms with Gasteiger partial charge in [-0.25, -0.2) is 9.97 Å². The van der Waals surface area contributed by atoms with Gasteiger partial charge in [0.05, 0.1) is 7.11 Å². The summed E-state index contributed by atoms with van der Waals surface area (Å²) in [5, 5.41) is 4.32. The van der Waals surface area contributed by atoms with Crippen molar-refractivity contribution in [2.75, 3.05) is 20.8 Å². The number of methoxy groups -OCH3 is 2. The molecule has 0 atom stereocenters. The topological polar surface area (TPSA) is 73.5 Å². The van der Waals surface area contributed by atoms with Crippen LogP contribution in [0.25, 0.3) is 11.3 Å². The average molecular weight is 366 g/mol. The molecule has 3 heterocycles. The minimum absolute atomic E-state index is 0.429. The van der Waals surface area contributed by atoms with E-state index < -0.39 is 0 Å². The standard InChI is InChI=1S/C20H22N4O3/c1-25-13-19-21-9-14(10-22-19)11-24-7-6-18-17(12-24)20(23-27-18)15-4-3-5-16(8-15)26-2/h3-5,8-10H,6-7,11-13H2,1-2H3. The minimum atomic E-state index is 0.429. The van der Waals surface area contributed by atoms with Crippen molar-refractivity contribution in [2.45, 2.75) is 26.1 Å². The maximum Gasteiger partial charge on any atom is 0.153 e. The first-order valence-corrected chi connectivity index (χ1v) is 8.89. The molecule has 0 N–H and O–H groups in total. The van der Waals surface area contributed by atoms with Crippen LogP contribution >= 0.6 is 0 Å². The number of nitrogens with zero attached hydrogens (tertiary/aromatic N) is 4. The molecule has 0 radical (unpaired) electrons. The number of hydrogen-bond acceptors (Lipinski definition) is 7. The number of benzene rings is 1. The monoisotopic (exact) mass is 366 g/mol. The largest absolute Gasteiger partial charge is 0.497 e. The van der Waals surface area contributed by atoms with Crippen molar-refractivity contribution in [1.29, 1.82) is 0 Å². The second-order valence-corrected chi connectivity index (χ2v) is 6.57. The van der Waals surface area contributed by atoms with Gasteiger partial charge in [0.2, 0.25) is 0 Å². The maximum atomic E-state index is 5.60. The van der Waals surface area contributed by atoms with E-state index in [1.54, 1.807) is 14.2 Å². The molecule has 0 bridgehead atoms. The molecule has 0 spiro atoms. The van der Waals surface area contributed by atoms with E-state index in [2.05, 4.69) is 20.0 Å². The molecular formula is C20H22N4O3. The van der Waals surface area contributed by atoms with Crippen LogP contribution in [-0.2, 0) is 30.9 Å². The Kier molecular flexibility index (Phi) is 5.13. The second kappa shape index (κ2) is 7.85. The fourth-order valence-corrected chi connectivity index (χ4v) is 3.32. The zero-order valence-electron chi connectivity index (χ0n) is 15.5. The molecule has 0 saturated heterocycles. The van der Waals surface area contributed by atoms with E-state index in [4.69, 9.17) is 14.0 Å². The van der Waals surface area contributed by atoms with Crippen molar-refractivity contribution < 1.29 is 14.0 Å². The van der Waals surface area contributed by atoms with Crippen LogP contribution in [0.1, 0.15) is 22.7 Å². The molecule has 0 amide bonds. The summed E-state index contributed by atoms with van der Waals surface area (Å²) in [5.74, 6) is 2.47. The summed E-state index contributed by atoms with van der Waals surface area (Å²) in [6.45, 7) is 2.91. The van der Waals surface area contributed by atoms with Gasteiger partial charge in [-0.2, -0.15) is 0 Å². The van der Waals surface area contributed by atoms with Gasteiger partial charge in [0.1, 0.15) is 23.8 Å². The number of aromatic nitrogens is 3. The van der Waals surface area contributed by atoms with E-state index in [1.165, 1.54) is 0 Å². The smallest absolute Gasteiger partial charge is 0.153 e. The summed E-state index contributed by atoms with van der Waals surface area (Å²) in [6.07, 6.45) is 4.58. The van der Waals surface area contributed by atoms with Crippen molar-refractivity contribution >= 4 is 0 Å². The Bertz CT molecular complexity index is 908. The van der Waals surface area contributed by atoms with Crippen molar-refractivity contribution in [3.63, 3.8) is 0 Å². The Morgan fingerprint density at radius 3 is 2.81 bits per heavy atom. The van der Waals surface area contributed by atoms with E-state index in [1.807, 2.05) is 36.7 Å². The van der Waals surface area contributed by atoms with Gasteiger partial charge in [-0.05, 0) is 12.1 Å². The number of ether oxygens (including phenoxy) is 2. The SMILES string of the molecule is COCc1ncc(CN2CCc3onc(-c4cccc(OC)c4)c3C2)cn1. The highest BCUT2D eigenvalue weighted by molar-refractivity contribution is 5.65. The average Bonchev–Trinajstić information content (AvgIpc) is 3.13. The Morgan fingerprint density at radius 2 is 2.04 bits per heavy atom. The van der Waals surface area contributed by atoms with E-state index in [9.17, 15) is 0 Å². The maximum absolute atomic E-state index is 5.60. The summed E-state index contributed by atoms with van der Waals surface area (Å²) in [4.78, 5) is 11.0. The van der Waals surface area contributed by atoms with Crippen molar-refractivity contribution in [3.8, 4) is 17.0 Å². The lowest BCUT2D eigenvalue weighted by molar-refractivity contribution is 0.177. The predicted octanol–water partition coefficient (Wildman–Crippen LogP) is 2.84. The fraction of sp³-hybridized carbons (Fsp3) is 0.350. The van der Waals surface area contributed by atoms with Gasteiger partial charge < -0.3 is 14.0 Å². The molecular weight excluding hydrogens is 344 g/mol. The van der Waals surface area contributed by atoms with Gasteiger partial charge in [-0.1, -0.05) is 17.3 Å². The van der Waals surface area contributed by atoms with Crippen LogP contribution in [0.4, 0.5) is 0 Å². The first kappa shape index (κ1) is 17.6. The lowest BCUT2D eigenvalue weighted by Crippen LogP contribution is -2.29. The third-order valence-corrected chi connectivity index (χ3v) is 4.69. The highest BCUT2D eigenvalue weighted by Gasteiger charge is 2.25. The normalized spacial score (nSPS) is 14.1. The molecule has 0 unspecified atom stereocenters. The minimum Gasteiger partial charge on any atom is -0.497 e. The molecule has 0 fully saturated rings. The summed E-state index contributed by atoms with van der Waals surface area (Å²) in [5.41, 5.74) is 4.12. The molecule has 4 rings (SSSR count). The summed E-state index contributed by atoms with van der Waals surface area (Å²) in [6, 6.07) is 7.91. The van der Waals surface area contributed by atoms with Gasteiger partial charge in [0.15, 0.2) is 5.82 Å². The molecule has 1 aromatic carbocycles. The second-order valence-electron chi connectivity index (χ2n) is 6.57. The highest BCUT2D eigenvalue weighted by Crippen LogP contribution is 2.32. The van der Waals surface area contributed by atoms with Crippen LogP contribution in [-0.4, -0.2) is 40.8 Å². The quantitative estimate of drug-likeness (QED) is 0.664. The van der Waals surface area contributed by atoms with Crippen LogP contribution in [0.3, 0.4) is 0 Å². The third kappa shape index (κ3) is 3.84. The van der Waals surface area contributed by atoms with E-state index in [0.29, 0.717) is 12.4 Å². The Labute approximate surface area is 157 Å². The molecule has 2 aromatic heterocycles. The molecule has 140 valence electrons. The van der Waals surface area contributed by atoms with E-state index in [0.717, 1.165) is 59.9 Å². The van der Waals surface area contributed by atoms with Crippen LogP contribution < -0.4 is 4.74 Å². The molecule has 3 aromatic rings. The molecule has 7 heteroatoms. The number of fused-ring (bicyclic) bond motifs is 1. The summed E-state index contributed by atoms with van der Waals surface area (Å²) < 4.78 is 16.0. The van der Waals surface area contributed by atoms with Crippen molar-refractivity contribution in [2.24, 2.45) is 0 Å². The number of rotatable bonds is 6. The molecule has 0 aliphatic carbocycles. The summed E-state index contributed by atoms with van der Waals surface area (Å²) in [7, 11) is 3.31. The van der Waals surface area contributed by atoms with Crippen molar-refractivity contribution in [3.05, 3.63) is 59.4 Å². The summed E-state index contributed by atoms with van der Waals surface area (Å²) >= 11 is 0. The van der Waals surface area contributed by atoms with Gasteiger partial charge >= 0.3 is 0 Å². The Hall–Kier alpha value is -2.77. The fourth-order valence-electron chi connectivity index (χ4n) is 3.32. The Balaban J connectivity index is 1.51. The van der Waals surface area contributed by atoms with Crippen LogP contribution in [0.15, 0.2) is 41.2 Å². The predicted molar refractivity (Wildman–Crippen MR) is 99.1 cm³/mol. The lowest BCUT2D eigenvalue weighted by Gasteiger charge is -2.25. The first-order chi connectivity index (χ1) is 13.3. The molecule has 1 aliphatic rings. The molecule has 27 heavy (non-hydrogen) atoms. The van der Waals surface area contributed by atoms with Gasteiger partial charge in [-0.15, -0.1) is 0 Å². The lowest BCUT2D eigenvalue weighted by atomic mass is 10.0. The number of hydrogen-bond donors (Lipinski definition) is 0. The Morgan fingerprint density at radius 1 is 1.19 bits per heavy atom. The van der Waals surface area contributed by atoms with Crippen molar-refractivity contribution in [1.82, 2.24) is 20.0 Å². The third-order valence-electron chi connectivity index (χ3n) is 4.69. The zero-order chi connectivity index (χ0) is 18.6. The van der Waals surface area contributed by atoms with Crippen LogP contribution in [0.2, 0.25) is 0 Å². The van der Waals surface area contributed by atoms with E-state index >= 15 is 0 Å². The van der Waals surface area contributed by atoms with Crippen LogP contribution in [0.5, 0.6) is 5.75 Å². The zero-order valence-corrected chi connectivity index (χ0v) is 15.5. The van der Waals surface area contributed by atoms with Crippen LogP contribution in [0, 0.1) is 0 Å². The van der Waals surface area contributed by atoms with Gasteiger partial charge in [-0.3, -0.25) is 4.90 Å². The molecule has 0 saturated carbocycles.